The van der Waals surface area contributed by atoms with E-state index in [2.05, 4.69) is 29.0 Å². The second-order valence-electron chi connectivity index (χ2n) is 6.50. The zero-order valence-electron chi connectivity index (χ0n) is 15.1. The maximum Gasteiger partial charge on any atom is 0.274 e. The van der Waals surface area contributed by atoms with E-state index in [9.17, 15) is 9.18 Å². The number of carbonyl (C=O) groups excluding carboxylic acids is 1. The van der Waals surface area contributed by atoms with Crippen LogP contribution in [0.5, 0.6) is 0 Å². The van der Waals surface area contributed by atoms with Crippen molar-refractivity contribution in [1.82, 2.24) is 14.5 Å². The number of benzene rings is 1. The molecule has 1 aliphatic rings. The van der Waals surface area contributed by atoms with Gasteiger partial charge in [0.1, 0.15) is 17.6 Å². The quantitative estimate of drug-likeness (QED) is 0.754. The summed E-state index contributed by atoms with van der Waals surface area (Å²) in [6.07, 6.45) is 3.76. The summed E-state index contributed by atoms with van der Waals surface area (Å²) in [5, 5.41) is 16.5. The summed E-state index contributed by atoms with van der Waals surface area (Å²) in [4.78, 5) is 12.8. The third kappa shape index (κ3) is 3.67. The van der Waals surface area contributed by atoms with Gasteiger partial charge in [-0.2, -0.15) is 10.4 Å². The van der Waals surface area contributed by atoms with Crippen LogP contribution in [0.1, 0.15) is 35.5 Å². The van der Waals surface area contributed by atoms with Crippen LogP contribution in [0, 0.1) is 27.8 Å². The van der Waals surface area contributed by atoms with Gasteiger partial charge in [0.25, 0.3) is 5.91 Å². The zero-order valence-corrected chi connectivity index (χ0v) is 15.9. The van der Waals surface area contributed by atoms with Crippen molar-refractivity contribution < 1.29 is 9.18 Å². The van der Waals surface area contributed by atoms with Gasteiger partial charge in [-0.15, -0.1) is 0 Å². The Morgan fingerprint density at radius 3 is 2.93 bits per heavy atom. The number of aryl methyl sites for hydroxylation is 1. The van der Waals surface area contributed by atoms with Crippen molar-refractivity contribution in [3.8, 4) is 6.07 Å². The normalized spacial score (nSPS) is 18.7. The van der Waals surface area contributed by atoms with Crippen LogP contribution in [-0.2, 0) is 17.9 Å². The molecule has 2 atom stereocenters. The Bertz CT molecular complexity index is 1000. The lowest BCUT2D eigenvalue weighted by molar-refractivity contribution is 0.101. The number of halogens is 1. The number of hydrogen-bond donors (Lipinski definition) is 3. The maximum atomic E-state index is 13.5. The van der Waals surface area contributed by atoms with Crippen molar-refractivity contribution in [2.24, 2.45) is 13.0 Å². The highest BCUT2D eigenvalue weighted by Gasteiger charge is 2.26. The van der Waals surface area contributed by atoms with Crippen LogP contribution in [-0.4, -0.2) is 21.7 Å². The Morgan fingerprint density at radius 1 is 1.52 bits per heavy atom. The fraction of sp³-hybridized carbons (Fsp3) is 0.278. The molecule has 0 fully saturated rings. The molecule has 27 heavy (non-hydrogen) atoms. The largest absolute Gasteiger partial charge is 0.321 e. The van der Waals surface area contributed by atoms with Gasteiger partial charge in [-0.05, 0) is 24.1 Å². The van der Waals surface area contributed by atoms with Crippen molar-refractivity contribution >= 4 is 28.5 Å². The number of carbonyl (C=O) groups is 1. The molecule has 0 aliphatic carbocycles. The SMILES string of the molecule is CC(C)C1C=Cc2c(nn(C)c2C(=O)Nc2ccc(F)c(C#N)c2)S(=N)N1. The van der Waals surface area contributed by atoms with E-state index >= 15 is 0 Å². The first-order valence-electron chi connectivity index (χ1n) is 8.29. The molecule has 1 aliphatic heterocycles. The van der Waals surface area contributed by atoms with E-state index in [0.717, 1.165) is 6.07 Å². The van der Waals surface area contributed by atoms with Crippen LogP contribution >= 0.6 is 0 Å². The highest BCUT2D eigenvalue weighted by molar-refractivity contribution is 7.84. The molecule has 0 saturated carbocycles. The molecule has 1 aromatic carbocycles. The fourth-order valence-corrected chi connectivity index (χ4v) is 4.08. The van der Waals surface area contributed by atoms with Gasteiger partial charge in [0.15, 0.2) is 5.03 Å². The van der Waals surface area contributed by atoms with Crippen LogP contribution in [0.15, 0.2) is 29.3 Å². The van der Waals surface area contributed by atoms with E-state index in [1.807, 2.05) is 12.2 Å². The Morgan fingerprint density at radius 2 is 2.26 bits per heavy atom. The first-order chi connectivity index (χ1) is 12.8. The number of fused-ring (bicyclic) bond motifs is 1. The maximum absolute atomic E-state index is 13.5. The van der Waals surface area contributed by atoms with E-state index in [-0.39, 0.29) is 11.6 Å². The minimum atomic E-state index is -1.06. The number of hydrogen-bond acceptors (Lipinski definition) is 4. The van der Waals surface area contributed by atoms with Crippen LogP contribution in [0.2, 0.25) is 0 Å². The summed E-state index contributed by atoms with van der Waals surface area (Å²) in [5.41, 5.74) is 1.06. The predicted octanol–water partition coefficient (Wildman–Crippen LogP) is 2.98. The number of nitrogens with zero attached hydrogens (tertiary/aromatic N) is 3. The molecule has 2 aromatic rings. The second-order valence-corrected chi connectivity index (χ2v) is 7.74. The summed E-state index contributed by atoms with van der Waals surface area (Å²) in [5.74, 6) is -0.788. The van der Waals surface area contributed by atoms with E-state index in [1.54, 1.807) is 13.1 Å². The molecule has 2 heterocycles. The second kappa shape index (κ2) is 7.42. The third-order valence-electron chi connectivity index (χ3n) is 4.25. The van der Waals surface area contributed by atoms with E-state index in [1.165, 1.54) is 16.8 Å². The highest BCUT2D eigenvalue weighted by atomic mass is 32.2. The number of nitriles is 1. The lowest BCUT2D eigenvalue weighted by atomic mass is 10.0. The average Bonchev–Trinajstić information content (AvgIpc) is 2.87. The summed E-state index contributed by atoms with van der Waals surface area (Å²) < 4.78 is 26.5. The predicted molar refractivity (Wildman–Crippen MR) is 101 cm³/mol. The van der Waals surface area contributed by atoms with Gasteiger partial charge >= 0.3 is 0 Å². The fourth-order valence-electron chi connectivity index (χ4n) is 2.75. The molecule has 0 saturated heterocycles. The Balaban J connectivity index is 1.97. The standard InChI is InChI=1S/C18H19FN6OS/c1-10(2)15-7-5-13-16(25(3)23-18(13)27(21)24-15)17(26)22-12-4-6-14(19)11(8-12)9-20/h4-8,10,15H,1-3H3,(H2,21,24)(H,22,26). The summed E-state index contributed by atoms with van der Waals surface area (Å²) in [6.45, 7) is 4.11. The van der Waals surface area contributed by atoms with Crippen molar-refractivity contribution in [3.63, 3.8) is 0 Å². The highest BCUT2D eigenvalue weighted by Crippen LogP contribution is 2.25. The van der Waals surface area contributed by atoms with Crippen molar-refractivity contribution in [1.29, 1.82) is 10.0 Å². The number of aromatic nitrogens is 2. The van der Waals surface area contributed by atoms with E-state index in [4.69, 9.17) is 10.0 Å². The van der Waals surface area contributed by atoms with E-state index in [0.29, 0.717) is 27.9 Å². The molecule has 1 aromatic heterocycles. The van der Waals surface area contributed by atoms with Gasteiger partial charge in [0, 0.05) is 35.2 Å². The van der Waals surface area contributed by atoms with Crippen molar-refractivity contribution in [2.45, 2.75) is 24.9 Å². The molecule has 1 amide bonds. The van der Waals surface area contributed by atoms with Gasteiger partial charge < -0.3 is 5.32 Å². The Kier molecular flexibility index (Phi) is 5.21. The minimum Gasteiger partial charge on any atom is -0.321 e. The molecule has 3 N–H and O–H groups in total. The number of amides is 1. The number of rotatable bonds is 3. The average molecular weight is 386 g/mol. The van der Waals surface area contributed by atoms with E-state index < -0.39 is 22.6 Å². The zero-order chi connectivity index (χ0) is 19.7. The van der Waals surface area contributed by atoms with Crippen molar-refractivity contribution in [3.05, 3.63) is 46.9 Å². The lowest BCUT2D eigenvalue weighted by Gasteiger charge is -2.17. The Hall–Kier alpha value is -2.83. The Labute approximate surface area is 158 Å². The van der Waals surface area contributed by atoms with Gasteiger partial charge in [-0.1, -0.05) is 26.0 Å². The molecule has 0 bridgehead atoms. The summed E-state index contributed by atoms with van der Waals surface area (Å²) >= 11 is 0. The smallest absolute Gasteiger partial charge is 0.274 e. The molecular formula is C18H19FN6OS. The first kappa shape index (κ1) is 18.9. The first-order valence-corrected chi connectivity index (χ1v) is 9.52. The van der Waals surface area contributed by atoms with Crippen LogP contribution in [0.25, 0.3) is 6.08 Å². The summed E-state index contributed by atoms with van der Waals surface area (Å²) in [6, 6.07) is 5.57. The molecule has 140 valence electrons. The van der Waals surface area contributed by atoms with Crippen LogP contribution < -0.4 is 10.0 Å². The monoisotopic (exact) mass is 386 g/mol. The van der Waals surface area contributed by atoms with Crippen molar-refractivity contribution in [2.75, 3.05) is 5.32 Å². The van der Waals surface area contributed by atoms with Gasteiger partial charge in [-0.25, -0.2) is 9.11 Å². The minimum absolute atomic E-state index is 0.0107. The van der Waals surface area contributed by atoms with Crippen LogP contribution in [0.3, 0.4) is 0 Å². The molecule has 2 unspecified atom stereocenters. The molecule has 0 spiro atoms. The van der Waals surface area contributed by atoms with Gasteiger partial charge in [0.05, 0.1) is 5.56 Å². The topological polar surface area (TPSA) is 107 Å². The molecule has 3 rings (SSSR count). The lowest BCUT2D eigenvalue weighted by Crippen LogP contribution is -2.32. The number of anilines is 1. The molecular weight excluding hydrogens is 367 g/mol. The molecule has 7 nitrogen and oxygen atoms in total. The van der Waals surface area contributed by atoms with Gasteiger partial charge in [-0.3, -0.25) is 14.3 Å². The van der Waals surface area contributed by atoms with Gasteiger partial charge in [0.2, 0.25) is 0 Å². The summed E-state index contributed by atoms with van der Waals surface area (Å²) in [7, 11) is 0.578. The molecule has 9 heteroatoms. The van der Waals surface area contributed by atoms with Crippen LogP contribution in [0.4, 0.5) is 10.1 Å². The molecule has 0 radical (unpaired) electrons. The third-order valence-corrected chi connectivity index (χ3v) is 5.44. The number of nitrogens with one attached hydrogen (secondary N) is 3.